The van der Waals surface area contributed by atoms with Crippen LogP contribution in [0.3, 0.4) is 0 Å². The van der Waals surface area contributed by atoms with E-state index < -0.39 is 0 Å². The van der Waals surface area contributed by atoms with Crippen molar-refractivity contribution >= 4 is 16.7 Å². The Hall–Kier alpha value is -2.30. The van der Waals surface area contributed by atoms with Crippen molar-refractivity contribution in [1.29, 1.82) is 0 Å². The molecule has 1 amide bonds. The molecule has 1 aliphatic carbocycles. The third-order valence-corrected chi connectivity index (χ3v) is 4.41. The van der Waals surface area contributed by atoms with Gasteiger partial charge in [-0.2, -0.15) is 0 Å². The van der Waals surface area contributed by atoms with Gasteiger partial charge in [0.2, 0.25) is 0 Å². The molecule has 2 aromatic rings. The Morgan fingerprint density at radius 1 is 1.22 bits per heavy atom. The second kappa shape index (κ2) is 6.86. The maximum absolute atomic E-state index is 12.1. The Balaban J connectivity index is 1.68. The van der Waals surface area contributed by atoms with Crippen molar-refractivity contribution in [2.75, 3.05) is 6.61 Å². The van der Waals surface area contributed by atoms with Crippen molar-refractivity contribution in [2.24, 2.45) is 7.05 Å². The van der Waals surface area contributed by atoms with Crippen molar-refractivity contribution in [3.63, 3.8) is 0 Å². The monoisotopic (exact) mass is 314 g/mol. The highest BCUT2D eigenvalue weighted by Crippen LogP contribution is 2.23. The molecular weight excluding hydrogens is 292 g/mol. The molecule has 0 atom stereocenters. The van der Waals surface area contributed by atoms with Gasteiger partial charge in [-0.05, 0) is 31.0 Å². The minimum absolute atomic E-state index is 0.0230. The number of rotatable bonds is 4. The summed E-state index contributed by atoms with van der Waals surface area (Å²) in [6, 6.07) is 7.45. The lowest BCUT2D eigenvalue weighted by atomic mass is 9.95. The van der Waals surface area contributed by atoms with E-state index >= 15 is 0 Å². The molecule has 0 unspecified atom stereocenters. The fraction of sp³-hybridized carbons (Fsp3) is 0.444. The first-order valence-corrected chi connectivity index (χ1v) is 8.15. The molecule has 1 fully saturated rings. The van der Waals surface area contributed by atoms with Gasteiger partial charge in [0.05, 0.1) is 5.39 Å². The second-order valence-corrected chi connectivity index (χ2v) is 6.14. The molecule has 1 heterocycles. The second-order valence-electron chi connectivity index (χ2n) is 6.14. The molecule has 0 aliphatic heterocycles. The minimum Gasteiger partial charge on any atom is -0.483 e. The van der Waals surface area contributed by atoms with E-state index in [4.69, 9.17) is 4.74 Å². The Morgan fingerprint density at radius 2 is 2.00 bits per heavy atom. The molecular formula is C18H22N2O3. The van der Waals surface area contributed by atoms with Crippen LogP contribution in [0.5, 0.6) is 5.75 Å². The molecule has 3 rings (SSSR count). The summed E-state index contributed by atoms with van der Waals surface area (Å²) in [4.78, 5) is 24.1. The Kier molecular flexibility index (Phi) is 4.65. The topological polar surface area (TPSA) is 60.3 Å². The van der Waals surface area contributed by atoms with Gasteiger partial charge in [0.1, 0.15) is 5.75 Å². The molecule has 5 heteroatoms. The number of carbonyl (C=O) groups is 1. The van der Waals surface area contributed by atoms with Crippen LogP contribution in [-0.2, 0) is 11.8 Å². The molecule has 5 nitrogen and oxygen atoms in total. The van der Waals surface area contributed by atoms with Crippen molar-refractivity contribution in [3.05, 3.63) is 40.8 Å². The molecule has 1 aliphatic rings. The van der Waals surface area contributed by atoms with Crippen LogP contribution in [0.1, 0.15) is 32.1 Å². The minimum atomic E-state index is -0.0993. The zero-order valence-electron chi connectivity index (χ0n) is 13.4. The van der Waals surface area contributed by atoms with Crippen LogP contribution in [0.2, 0.25) is 0 Å². The number of amides is 1. The van der Waals surface area contributed by atoms with Gasteiger partial charge in [-0.3, -0.25) is 9.59 Å². The molecule has 0 radical (unpaired) electrons. The van der Waals surface area contributed by atoms with Crippen LogP contribution in [0.4, 0.5) is 0 Å². The number of benzene rings is 1. The van der Waals surface area contributed by atoms with Crippen LogP contribution in [-0.4, -0.2) is 23.1 Å². The Morgan fingerprint density at radius 3 is 2.78 bits per heavy atom. The molecule has 122 valence electrons. The van der Waals surface area contributed by atoms with E-state index in [9.17, 15) is 9.59 Å². The zero-order valence-corrected chi connectivity index (χ0v) is 13.4. The first kappa shape index (κ1) is 15.6. The predicted octanol–water partition coefficient (Wildman–Crippen LogP) is 2.37. The summed E-state index contributed by atoms with van der Waals surface area (Å²) in [5.74, 6) is 0.469. The standard InChI is InChI=1S/C18H22N2O3/c1-20-11-10-14-15(18(20)22)8-5-9-16(14)23-12-17(21)19-13-6-3-2-4-7-13/h5,8-11,13H,2-4,6-7,12H2,1H3,(H,19,21). The molecule has 1 aromatic carbocycles. The molecule has 0 saturated heterocycles. The van der Waals surface area contributed by atoms with Gasteiger partial charge in [0.25, 0.3) is 11.5 Å². The summed E-state index contributed by atoms with van der Waals surface area (Å²) < 4.78 is 7.19. The molecule has 0 spiro atoms. The smallest absolute Gasteiger partial charge is 0.258 e. The summed E-state index contributed by atoms with van der Waals surface area (Å²) >= 11 is 0. The first-order valence-electron chi connectivity index (χ1n) is 8.15. The summed E-state index contributed by atoms with van der Waals surface area (Å²) in [7, 11) is 1.72. The lowest BCUT2D eigenvalue weighted by Gasteiger charge is -2.22. The third-order valence-electron chi connectivity index (χ3n) is 4.41. The van der Waals surface area contributed by atoms with Crippen LogP contribution in [0, 0.1) is 0 Å². The number of pyridine rings is 1. The lowest BCUT2D eigenvalue weighted by Crippen LogP contribution is -2.39. The number of aryl methyl sites for hydroxylation is 1. The lowest BCUT2D eigenvalue weighted by molar-refractivity contribution is -0.124. The third kappa shape index (κ3) is 3.55. The van der Waals surface area contributed by atoms with Gasteiger partial charge in [0, 0.05) is 24.7 Å². The van der Waals surface area contributed by atoms with Crippen molar-refractivity contribution < 1.29 is 9.53 Å². The van der Waals surface area contributed by atoms with Gasteiger partial charge in [-0.25, -0.2) is 0 Å². The van der Waals surface area contributed by atoms with E-state index in [-0.39, 0.29) is 24.1 Å². The molecule has 1 saturated carbocycles. The highest BCUT2D eigenvalue weighted by Gasteiger charge is 2.16. The maximum atomic E-state index is 12.1. The average molecular weight is 314 g/mol. The molecule has 23 heavy (non-hydrogen) atoms. The molecule has 0 bridgehead atoms. The number of hydrogen-bond acceptors (Lipinski definition) is 3. The van der Waals surface area contributed by atoms with E-state index in [1.807, 2.05) is 6.07 Å². The predicted molar refractivity (Wildman–Crippen MR) is 89.7 cm³/mol. The van der Waals surface area contributed by atoms with E-state index in [1.54, 1.807) is 31.4 Å². The SMILES string of the molecule is Cn1ccc2c(OCC(=O)NC3CCCCC3)cccc2c1=O. The zero-order chi connectivity index (χ0) is 16.2. The van der Waals surface area contributed by atoms with Gasteiger partial charge in [-0.1, -0.05) is 25.3 Å². The number of carbonyl (C=O) groups excluding carboxylic acids is 1. The highest BCUT2D eigenvalue weighted by molar-refractivity contribution is 5.88. The number of hydrogen-bond donors (Lipinski definition) is 1. The molecule has 1 aromatic heterocycles. The van der Waals surface area contributed by atoms with Crippen molar-refractivity contribution in [3.8, 4) is 5.75 Å². The summed E-state index contributed by atoms with van der Waals surface area (Å²) in [5.41, 5.74) is -0.0698. The highest BCUT2D eigenvalue weighted by atomic mass is 16.5. The maximum Gasteiger partial charge on any atom is 0.258 e. The van der Waals surface area contributed by atoms with Gasteiger partial charge >= 0.3 is 0 Å². The van der Waals surface area contributed by atoms with Crippen molar-refractivity contribution in [1.82, 2.24) is 9.88 Å². The van der Waals surface area contributed by atoms with Crippen LogP contribution in [0.25, 0.3) is 10.8 Å². The number of nitrogens with zero attached hydrogens (tertiary/aromatic N) is 1. The van der Waals surface area contributed by atoms with Gasteiger partial charge < -0.3 is 14.6 Å². The normalized spacial score (nSPS) is 15.5. The van der Waals surface area contributed by atoms with Crippen LogP contribution in [0.15, 0.2) is 35.3 Å². The Labute approximate surface area is 135 Å². The van der Waals surface area contributed by atoms with Crippen molar-refractivity contribution in [2.45, 2.75) is 38.1 Å². The number of aromatic nitrogens is 1. The van der Waals surface area contributed by atoms with E-state index in [0.29, 0.717) is 11.1 Å². The fourth-order valence-corrected chi connectivity index (χ4v) is 3.13. The van der Waals surface area contributed by atoms with Gasteiger partial charge in [-0.15, -0.1) is 0 Å². The summed E-state index contributed by atoms with van der Waals surface area (Å²) in [5, 5.41) is 4.36. The quantitative estimate of drug-likeness (QED) is 0.942. The first-order chi connectivity index (χ1) is 11.1. The summed E-state index contributed by atoms with van der Waals surface area (Å²) in [6.45, 7) is -0.0230. The number of fused-ring (bicyclic) bond motifs is 1. The number of nitrogens with one attached hydrogen (secondary N) is 1. The fourth-order valence-electron chi connectivity index (χ4n) is 3.13. The molecule has 1 N–H and O–H groups in total. The van der Waals surface area contributed by atoms with E-state index in [0.717, 1.165) is 18.2 Å². The van der Waals surface area contributed by atoms with E-state index in [2.05, 4.69) is 5.32 Å². The van der Waals surface area contributed by atoms with E-state index in [1.165, 1.54) is 23.8 Å². The number of ether oxygens (including phenoxy) is 1. The van der Waals surface area contributed by atoms with Crippen LogP contribution >= 0.6 is 0 Å². The average Bonchev–Trinajstić information content (AvgIpc) is 2.57. The summed E-state index contributed by atoms with van der Waals surface area (Å²) in [6.07, 6.45) is 7.43. The largest absolute Gasteiger partial charge is 0.483 e. The Bertz CT molecular complexity index is 760. The van der Waals surface area contributed by atoms with Gasteiger partial charge in [0.15, 0.2) is 6.61 Å². The van der Waals surface area contributed by atoms with Crippen LogP contribution < -0.4 is 15.6 Å².